The molecule has 0 aliphatic carbocycles. The maximum atomic E-state index is 11.2. The fourth-order valence-corrected chi connectivity index (χ4v) is 1.78. The predicted molar refractivity (Wildman–Crippen MR) is 66.9 cm³/mol. The third-order valence-corrected chi connectivity index (χ3v) is 3.09. The van der Waals surface area contributed by atoms with E-state index in [4.69, 9.17) is 0 Å². The molecule has 0 amide bonds. The van der Waals surface area contributed by atoms with Crippen molar-refractivity contribution < 1.29 is 9.90 Å². The number of aliphatic carboxylic acids is 1. The fourth-order valence-electron chi connectivity index (χ4n) is 1.78. The third kappa shape index (κ3) is 3.53. The van der Waals surface area contributed by atoms with E-state index in [9.17, 15) is 9.90 Å². The molecule has 0 fully saturated rings. The molecule has 0 bridgehead atoms. The SMILES string of the molecule is CCN(CCc1cccnc1)C(C)(C)C(=O)O. The van der Waals surface area contributed by atoms with Gasteiger partial charge in [-0.1, -0.05) is 13.0 Å². The van der Waals surface area contributed by atoms with Gasteiger partial charge < -0.3 is 5.11 Å². The fraction of sp³-hybridized carbons (Fsp3) is 0.538. The van der Waals surface area contributed by atoms with Gasteiger partial charge in [0.2, 0.25) is 0 Å². The highest BCUT2D eigenvalue weighted by molar-refractivity contribution is 5.77. The molecule has 1 rings (SSSR count). The average Bonchev–Trinajstić information content (AvgIpc) is 2.30. The summed E-state index contributed by atoms with van der Waals surface area (Å²) in [5.74, 6) is -0.787. The molecule has 0 saturated carbocycles. The van der Waals surface area contributed by atoms with E-state index in [1.165, 1.54) is 0 Å². The summed E-state index contributed by atoms with van der Waals surface area (Å²) in [4.78, 5) is 17.2. The Morgan fingerprint density at radius 2 is 2.24 bits per heavy atom. The number of hydrogen-bond donors (Lipinski definition) is 1. The van der Waals surface area contributed by atoms with Crippen molar-refractivity contribution in [2.75, 3.05) is 13.1 Å². The van der Waals surface area contributed by atoms with E-state index >= 15 is 0 Å². The minimum Gasteiger partial charge on any atom is -0.480 e. The van der Waals surface area contributed by atoms with Gasteiger partial charge in [-0.25, -0.2) is 0 Å². The highest BCUT2D eigenvalue weighted by Gasteiger charge is 2.33. The van der Waals surface area contributed by atoms with E-state index in [0.717, 1.165) is 25.1 Å². The molecule has 0 atom stereocenters. The van der Waals surface area contributed by atoms with Crippen molar-refractivity contribution >= 4 is 5.97 Å². The highest BCUT2D eigenvalue weighted by atomic mass is 16.4. The van der Waals surface area contributed by atoms with Gasteiger partial charge >= 0.3 is 5.97 Å². The second kappa shape index (κ2) is 5.77. The Balaban J connectivity index is 2.63. The van der Waals surface area contributed by atoms with Crippen LogP contribution in [0, 0.1) is 0 Å². The first kappa shape index (κ1) is 13.6. The molecule has 1 N–H and O–H groups in total. The van der Waals surface area contributed by atoms with E-state index in [1.807, 2.05) is 30.2 Å². The summed E-state index contributed by atoms with van der Waals surface area (Å²) in [7, 11) is 0. The molecule has 4 heteroatoms. The van der Waals surface area contributed by atoms with Gasteiger partial charge in [0.15, 0.2) is 0 Å². The van der Waals surface area contributed by atoms with Gasteiger partial charge in [-0.15, -0.1) is 0 Å². The molecule has 0 saturated heterocycles. The number of nitrogens with zero attached hydrogens (tertiary/aromatic N) is 2. The lowest BCUT2D eigenvalue weighted by atomic mass is 10.0. The number of carboxylic acid groups (broad SMARTS) is 1. The Kier molecular flexibility index (Phi) is 4.63. The molecule has 1 heterocycles. The molecule has 1 aromatic rings. The van der Waals surface area contributed by atoms with Gasteiger partial charge in [0.1, 0.15) is 5.54 Å². The van der Waals surface area contributed by atoms with Gasteiger partial charge in [0.05, 0.1) is 0 Å². The number of rotatable bonds is 6. The van der Waals surface area contributed by atoms with Gasteiger partial charge in [0, 0.05) is 18.9 Å². The van der Waals surface area contributed by atoms with Crippen molar-refractivity contribution in [3.8, 4) is 0 Å². The summed E-state index contributed by atoms with van der Waals surface area (Å²) in [5.41, 5.74) is 0.309. The normalized spacial score (nSPS) is 11.8. The van der Waals surface area contributed by atoms with Crippen molar-refractivity contribution in [3.05, 3.63) is 30.1 Å². The van der Waals surface area contributed by atoms with E-state index in [2.05, 4.69) is 4.98 Å². The van der Waals surface area contributed by atoms with Crippen molar-refractivity contribution in [2.24, 2.45) is 0 Å². The van der Waals surface area contributed by atoms with E-state index < -0.39 is 11.5 Å². The molecule has 0 unspecified atom stereocenters. The summed E-state index contributed by atoms with van der Waals surface area (Å²) in [5, 5.41) is 9.19. The lowest BCUT2D eigenvalue weighted by Crippen LogP contribution is -2.50. The Morgan fingerprint density at radius 1 is 1.53 bits per heavy atom. The first-order chi connectivity index (χ1) is 7.98. The largest absolute Gasteiger partial charge is 0.480 e. The van der Waals surface area contributed by atoms with Crippen molar-refractivity contribution in [2.45, 2.75) is 32.7 Å². The molecule has 4 nitrogen and oxygen atoms in total. The van der Waals surface area contributed by atoms with Crippen LogP contribution in [0.25, 0.3) is 0 Å². The second-order valence-electron chi connectivity index (χ2n) is 4.56. The molecule has 0 aliphatic heterocycles. The summed E-state index contributed by atoms with van der Waals surface area (Å²) >= 11 is 0. The summed E-state index contributed by atoms with van der Waals surface area (Å²) in [6.07, 6.45) is 4.38. The lowest BCUT2D eigenvalue weighted by molar-refractivity contribution is -0.149. The molecule has 0 aliphatic rings. The van der Waals surface area contributed by atoms with Gasteiger partial charge in [0.25, 0.3) is 0 Å². The van der Waals surface area contributed by atoms with Gasteiger partial charge in [-0.2, -0.15) is 0 Å². The molecule has 1 aromatic heterocycles. The minimum absolute atomic E-state index is 0.722. The van der Waals surface area contributed by atoms with Crippen LogP contribution in [-0.4, -0.2) is 39.6 Å². The first-order valence-electron chi connectivity index (χ1n) is 5.85. The topological polar surface area (TPSA) is 53.4 Å². The molecule has 0 aromatic carbocycles. The average molecular weight is 236 g/mol. The molecular weight excluding hydrogens is 216 g/mol. The Labute approximate surface area is 102 Å². The van der Waals surface area contributed by atoms with Crippen LogP contribution in [-0.2, 0) is 11.2 Å². The Morgan fingerprint density at radius 3 is 2.71 bits per heavy atom. The van der Waals surface area contributed by atoms with Crippen molar-refractivity contribution in [3.63, 3.8) is 0 Å². The molecule has 17 heavy (non-hydrogen) atoms. The molecule has 0 radical (unpaired) electrons. The summed E-state index contributed by atoms with van der Waals surface area (Å²) < 4.78 is 0. The quantitative estimate of drug-likeness (QED) is 0.818. The van der Waals surface area contributed by atoms with Crippen LogP contribution in [0.1, 0.15) is 26.3 Å². The molecular formula is C13H20N2O2. The van der Waals surface area contributed by atoms with Crippen LogP contribution in [0.4, 0.5) is 0 Å². The monoisotopic (exact) mass is 236 g/mol. The van der Waals surface area contributed by atoms with Gasteiger partial charge in [-0.05, 0) is 38.4 Å². The summed E-state index contributed by atoms with van der Waals surface area (Å²) in [6, 6.07) is 3.91. The summed E-state index contributed by atoms with van der Waals surface area (Å²) in [6.45, 7) is 6.90. The third-order valence-electron chi connectivity index (χ3n) is 3.09. The number of carbonyl (C=O) groups is 1. The smallest absolute Gasteiger partial charge is 0.323 e. The molecule has 94 valence electrons. The first-order valence-corrected chi connectivity index (χ1v) is 5.85. The van der Waals surface area contributed by atoms with Crippen LogP contribution in [0.15, 0.2) is 24.5 Å². The Hall–Kier alpha value is -1.42. The van der Waals surface area contributed by atoms with Crippen LogP contribution in [0.3, 0.4) is 0 Å². The highest BCUT2D eigenvalue weighted by Crippen LogP contribution is 2.15. The van der Waals surface area contributed by atoms with E-state index in [0.29, 0.717) is 0 Å². The van der Waals surface area contributed by atoms with Crippen LogP contribution in [0.2, 0.25) is 0 Å². The van der Waals surface area contributed by atoms with Crippen LogP contribution < -0.4 is 0 Å². The molecule has 0 spiro atoms. The minimum atomic E-state index is -0.822. The Bertz CT molecular complexity index is 363. The zero-order valence-electron chi connectivity index (χ0n) is 10.7. The van der Waals surface area contributed by atoms with E-state index in [-0.39, 0.29) is 0 Å². The number of hydrogen-bond acceptors (Lipinski definition) is 3. The second-order valence-corrected chi connectivity index (χ2v) is 4.56. The standard InChI is InChI=1S/C13H20N2O2/c1-4-15(13(2,3)12(16)17)9-7-11-6-5-8-14-10-11/h5-6,8,10H,4,7,9H2,1-3H3,(H,16,17). The van der Waals surface area contributed by atoms with Crippen LogP contribution in [0.5, 0.6) is 0 Å². The maximum Gasteiger partial charge on any atom is 0.323 e. The predicted octanol–water partition coefficient (Wildman–Crippen LogP) is 1.81. The lowest BCUT2D eigenvalue weighted by Gasteiger charge is -2.34. The zero-order chi connectivity index (χ0) is 12.9. The van der Waals surface area contributed by atoms with E-state index in [1.54, 1.807) is 20.0 Å². The van der Waals surface area contributed by atoms with Crippen molar-refractivity contribution in [1.29, 1.82) is 0 Å². The maximum absolute atomic E-state index is 11.2. The number of aromatic nitrogens is 1. The zero-order valence-corrected chi connectivity index (χ0v) is 10.7. The number of likely N-dealkylation sites (N-methyl/N-ethyl adjacent to an activating group) is 1. The van der Waals surface area contributed by atoms with Gasteiger partial charge in [-0.3, -0.25) is 14.7 Å². The number of carboxylic acids is 1. The van der Waals surface area contributed by atoms with Crippen molar-refractivity contribution in [1.82, 2.24) is 9.88 Å². The number of pyridine rings is 1. The van der Waals surface area contributed by atoms with Crippen LogP contribution >= 0.6 is 0 Å².